The molecule has 0 saturated carbocycles. The van der Waals surface area contributed by atoms with Crippen LogP contribution in [0.4, 0.5) is 22.4 Å². The van der Waals surface area contributed by atoms with Gasteiger partial charge in [-0.15, -0.1) is 0 Å². The Kier molecular flexibility index (Phi) is 9.07. The van der Waals surface area contributed by atoms with Crippen LogP contribution in [-0.2, 0) is 17.5 Å². The predicted octanol–water partition coefficient (Wildman–Crippen LogP) is 7.11. The third-order valence-electron chi connectivity index (χ3n) is 9.67. The van der Waals surface area contributed by atoms with Crippen molar-refractivity contribution in [2.45, 2.75) is 96.1 Å². The molecule has 1 atom stereocenters. The molecule has 2 aromatic carbocycles. The number of piperidine rings is 2. The molecule has 0 N–H and O–H groups in total. The van der Waals surface area contributed by atoms with Gasteiger partial charge in [0.25, 0.3) is 5.91 Å². The summed E-state index contributed by atoms with van der Waals surface area (Å²) in [6.07, 6.45) is -0.104. The van der Waals surface area contributed by atoms with Gasteiger partial charge in [-0.1, -0.05) is 44.0 Å². The monoisotopic (exact) mass is 603 g/mol. The number of hydrogen-bond donors (Lipinski definition) is 0. The summed E-state index contributed by atoms with van der Waals surface area (Å²) < 4.78 is 61.0. The van der Waals surface area contributed by atoms with Crippen molar-refractivity contribution in [3.05, 3.63) is 70.0 Å². The van der Waals surface area contributed by atoms with E-state index in [1.54, 1.807) is 0 Å². The highest BCUT2D eigenvalue weighted by atomic mass is 19.4. The maximum atomic E-state index is 13.7. The van der Waals surface area contributed by atoms with Crippen LogP contribution in [0.2, 0.25) is 0 Å². The molecule has 10 heteroatoms. The predicted molar refractivity (Wildman–Crippen MR) is 155 cm³/mol. The lowest BCUT2D eigenvalue weighted by atomic mass is 9.80. The number of benzene rings is 2. The standard InChI is InChI=1S/C33H41F4N3O3/c1-4-5-9-28-32(43-31(42)40(28)21-24-10-11-25(34)20-27(24)33(35,36)37)14-18-38(19-15-32)26-12-16-39(17-13-26)30(41)29-22(2)7-6-8-23(29)3/h6-8,10-11,20,26,28H,4-5,9,12-19,21H2,1-3H3. The molecule has 2 aromatic rings. The number of carbonyl (C=O) groups is 2. The second-order valence-corrected chi connectivity index (χ2v) is 12.3. The number of aryl methyl sites for hydroxylation is 2. The minimum Gasteiger partial charge on any atom is -0.440 e. The van der Waals surface area contributed by atoms with E-state index in [9.17, 15) is 27.2 Å². The number of ether oxygens (including phenoxy) is 1. The molecular weight excluding hydrogens is 562 g/mol. The number of carbonyl (C=O) groups excluding carboxylic acids is 2. The van der Waals surface area contributed by atoms with E-state index in [1.807, 2.05) is 43.9 Å². The van der Waals surface area contributed by atoms with E-state index < -0.39 is 29.3 Å². The molecule has 3 heterocycles. The molecule has 1 spiro atoms. The number of likely N-dealkylation sites (tertiary alicyclic amines) is 2. The second kappa shape index (κ2) is 12.5. The SMILES string of the molecule is CCCCC1N(Cc2ccc(F)cc2C(F)(F)F)C(=O)OC12CCN(C1CCN(C(=O)c3c(C)cccc3C)CC1)CC2. The Hall–Kier alpha value is -3.14. The van der Waals surface area contributed by atoms with Crippen LogP contribution < -0.4 is 0 Å². The van der Waals surface area contributed by atoms with Crippen LogP contribution in [0, 0.1) is 19.7 Å². The first kappa shape index (κ1) is 31.3. The van der Waals surface area contributed by atoms with Gasteiger partial charge in [0.05, 0.1) is 18.2 Å². The van der Waals surface area contributed by atoms with Crippen LogP contribution in [0.1, 0.15) is 84.5 Å². The van der Waals surface area contributed by atoms with Crippen LogP contribution >= 0.6 is 0 Å². The molecule has 3 saturated heterocycles. The molecule has 6 nitrogen and oxygen atoms in total. The van der Waals surface area contributed by atoms with Crippen LogP contribution in [-0.4, -0.2) is 70.6 Å². The molecule has 0 bridgehead atoms. The fourth-order valence-electron chi connectivity index (χ4n) is 7.28. The zero-order chi connectivity index (χ0) is 30.9. The van der Waals surface area contributed by atoms with Gasteiger partial charge in [0, 0.05) is 50.6 Å². The van der Waals surface area contributed by atoms with Crippen LogP contribution in [0.15, 0.2) is 36.4 Å². The molecule has 3 aliphatic rings. The van der Waals surface area contributed by atoms with Gasteiger partial charge in [0.2, 0.25) is 0 Å². The Morgan fingerprint density at radius 3 is 2.28 bits per heavy atom. The van der Waals surface area contributed by atoms with E-state index in [0.29, 0.717) is 57.5 Å². The molecule has 0 aliphatic carbocycles. The van der Waals surface area contributed by atoms with Gasteiger partial charge in [-0.2, -0.15) is 13.2 Å². The lowest BCUT2D eigenvalue weighted by molar-refractivity contribution is -0.138. The maximum absolute atomic E-state index is 13.7. The summed E-state index contributed by atoms with van der Waals surface area (Å²) in [5.74, 6) is -0.884. The zero-order valence-electron chi connectivity index (χ0n) is 25.2. The minimum atomic E-state index is -4.73. The largest absolute Gasteiger partial charge is 0.440 e. The number of rotatable bonds is 7. The van der Waals surface area contributed by atoms with E-state index in [4.69, 9.17) is 4.74 Å². The van der Waals surface area contributed by atoms with E-state index >= 15 is 0 Å². The van der Waals surface area contributed by atoms with Crippen molar-refractivity contribution in [3.8, 4) is 0 Å². The van der Waals surface area contributed by atoms with E-state index in [1.165, 1.54) is 4.90 Å². The van der Waals surface area contributed by atoms with Crippen molar-refractivity contribution in [2.24, 2.45) is 0 Å². The number of alkyl halides is 3. The molecule has 0 aromatic heterocycles. The van der Waals surface area contributed by atoms with Crippen molar-refractivity contribution in [2.75, 3.05) is 26.2 Å². The van der Waals surface area contributed by atoms with Gasteiger partial charge < -0.3 is 9.64 Å². The third-order valence-corrected chi connectivity index (χ3v) is 9.67. The molecule has 234 valence electrons. The molecule has 3 aliphatic heterocycles. The van der Waals surface area contributed by atoms with Crippen molar-refractivity contribution >= 4 is 12.0 Å². The Bertz CT molecular complexity index is 1310. The Morgan fingerprint density at radius 2 is 1.67 bits per heavy atom. The smallest absolute Gasteiger partial charge is 0.416 e. The fraction of sp³-hybridized carbons (Fsp3) is 0.576. The van der Waals surface area contributed by atoms with Gasteiger partial charge in [-0.25, -0.2) is 9.18 Å². The number of unbranched alkanes of at least 4 members (excludes halogenated alkanes) is 1. The van der Waals surface area contributed by atoms with E-state index in [0.717, 1.165) is 54.5 Å². The van der Waals surface area contributed by atoms with E-state index in [-0.39, 0.29) is 24.1 Å². The molecular formula is C33H41F4N3O3. The van der Waals surface area contributed by atoms with Crippen LogP contribution in [0.5, 0.6) is 0 Å². The first-order chi connectivity index (χ1) is 20.4. The first-order valence-corrected chi connectivity index (χ1v) is 15.4. The van der Waals surface area contributed by atoms with Crippen molar-refractivity contribution in [1.29, 1.82) is 0 Å². The summed E-state index contributed by atoms with van der Waals surface area (Å²) in [6, 6.07) is 8.47. The van der Waals surface area contributed by atoms with Crippen LogP contribution in [0.3, 0.4) is 0 Å². The second-order valence-electron chi connectivity index (χ2n) is 12.3. The first-order valence-electron chi connectivity index (χ1n) is 15.4. The lowest BCUT2D eigenvalue weighted by Crippen LogP contribution is -2.56. The summed E-state index contributed by atoms with van der Waals surface area (Å²) >= 11 is 0. The normalized spacial score (nSPS) is 21.5. The molecule has 5 rings (SSSR count). The van der Waals surface area contributed by atoms with Gasteiger partial charge in [0.1, 0.15) is 11.4 Å². The van der Waals surface area contributed by atoms with Gasteiger partial charge in [0.15, 0.2) is 0 Å². The van der Waals surface area contributed by atoms with Crippen molar-refractivity contribution < 1.29 is 31.9 Å². The summed E-state index contributed by atoms with van der Waals surface area (Å²) in [5.41, 5.74) is 0.798. The summed E-state index contributed by atoms with van der Waals surface area (Å²) in [5, 5.41) is 0. The average Bonchev–Trinajstić information content (AvgIpc) is 3.21. The Morgan fingerprint density at radius 1 is 1.02 bits per heavy atom. The lowest BCUT2D eigenvalue weighted by Gasteiger charge is -2.46. The van der Waals surface area contributed by atoms with E-state index in [2.05, 4.69) is 4.90 Å². The average molecular weight is 604 g/mol. The summed E-state index contributed by atoms with van der Waals surface area (Å²) in [4.78, 5) is 32.3. The summed E-state index contributed by atoms with van der Waals surface area (Å²) in [6.45, 7) is 8.48. The number of nitrogens with zero attached hydrogens (tertiary/aromatic N) is 3. The molecule has 3 fully saturated rings. The van der Waals surface area contributed by atoms with Gasteiger partial charge >= 0.3 is 12.3 Å². The van der Waals surface area contributed by atoms with Gasteiger partial charge in [-0.05, 0) is 61.9 Å². The number of halogens is 4. The molecule has 0 radical (unpaired) electrons. The van der Waals surface area contributed by atoms with Crippen molar-refractivity contribution in [3.63, 3.8) is 0 Å². The van der Waals surface area contributed by atoms with Crippen molar-refractivity contribution in [1.82, 2.24) is 14.7 Å². The highest BCUT2D eigenvalue weighted by molar-refractivity contribution is 5.97. The molecule has 1 unspecified atom stereocenters. The maximum Gasteiger partial charge on any atom is 0.416 e. The zero-order valence-corrected chi connectivity index (χ0v) is 25.2. The highest BCUT2D eigenvalue weighted by Gasteiger charge is 2.55. The Balaban J connectivity index is 1.24. The third kappa shape index (κ3) is 6.40. The minimum absolute atomic E-state index is 0.0817. The number of amides is 2. The highest BCUT2D eigenvalue weighted by Crippen LogP contribution is 2.43. The summed E-state index contributed by atoms with van der Waals surface area (Å²) in [7, 11) is 0. The molecule has 43 heavy (non-hydrogen) atoms. The van der Waals surface area contributed by atoms with Crippen LogP contribution in [0.25, 0.3) is 0 Å². The molecule has 2 amide bonds. The quantitative estimate of drug-likeness (QED) is 0.317. The topological polar surface area (TPSA) is 53.1 Å². The Labute approximate surface area is 251 Å². The van der Waals surface area contributed by atoms with Gasteiger partial charge in [-0.3, -0.25) is 14.6 Å². The fourth-order valence-corrected chi connectivity index (χ4v) is 7.28. The number of hydrogen-bond acceptors (Lipinski definition) is 4.